The Balaban J connectivity index is 1.50. The monoisotopic (exact) mass is 366 g/mol. The van der Waals surface area contributed by atoms with Crippen molar-refractivity contribution in [1.82, 2.24) is 15.3 Å². The normalized spacial score (nSPS) is 13.4. The third-order valence-corrected chi connectivity index (χ3v) is 6.07. The zero-order valence-electron chi connectivity index (χ0n) is 14.8. The van der Waals surface area contributed by atoms with Gasteiger partial charge in [0.2, 0.25) is 0 Å². The van der Waals surface area contributed by atoms with Crippen LogP contribution < -0.4 is 10.6 Å². The largest absolute Gasteiger partial charge is 0.369 e. The van der Waals surface area contributed by atoms with E-state index in [9.17, 15) is 4.79 Å². The fraction of sp³-hybridized carbons (Fsp3) is 0.350. The van der Waals surface area contributed by atoms with Crippen LogP contribution >= 0.6 is 11.3 Å². The fourth-order valence-electron chi connectivity index (χ4n) is 3.56. The van der Waals surface area contributed by atoms with E-state index in [0.717, 1.165) is 35.6 Å². The van der Waals surface area contributed by atoms with Crippen LogP contribution in [-0.4, -0.2) is 29.5 Å². The van der Waals surface area contributed by atoms with Crippen molar-refractivity contribution in [2.24, 2.45) is 0 Å². The molecule has 1 aliphatic rings. The number of fused-ring (bicyclic) bond motifs is 3. The fourth-order valence-corrected chi connectivity index (χ4v) is 4.79. The number of thiophene rings is 1. The van der Waals surface area contributed by atoms with Crippen LogP contribution in [-0.2, 0) is 19.3 Å². The van der Waals surface area contributed by atoms with E-state index in [0.29, 0.717) is 5.56 Å². The molecule has 0 bridgehead atoms. The van der Waals surface area contributed by atoms with Crippen molar-refractivity contribution in [2.75, 3.05) is 18.9 Å². The maximum absolute atomic E-state index is 11.8. The van der Waals surface area contributed by atoms with Crippen LogP contribution in [0.5, 0.6) is 0 Å². The van der Waals surface area contributed by atoms with E-state index in [1.807, 2.05) is 29.5 Å². The minimum absolute atomic E-state index is 0.0535. The maximum Gasteiger partial charge on any atom is 0.251 e. The number of hydrogen-bond donors (Lipinski definition) is 2. The van der Waals surface area contributed by atoms with E-state index in [1.54, 1.807) is 13.4 Å². The summed E-state index contributed by atoms with van der Waals surface area (Å²) in [6.07, 6.45) is 7.31. The Morgan fingerprint density at radius 2 is 2.12 bits per heavy atom. The smallest absolute Gasteiger partial charge is 0.251 e. The molecular weight excluding hydrogens is 344 g/mol. The number of aryl methyl sites for hydroxylation is 2. The van der Waals surface area contributed by atoms with Gasteiger partial charge in [0.15, 0.2) is 0 Å². The summed E-state index contributed by atoms with van der Waals surface area (Å²) < 4.78 is 0. The third kappa shape index (κ3) is 3.29. The number of benzene rings is 1. The van der Waals surface area contributed by atoms with E-state index in [2.05, 4.69) is 26.7 Å². The highest BCUT2D eigenvalue weighted by Gasteiger charge is 2.19. The number of aromatic nitrogens is 2. The number of anilines is 1. The van der Waals surface area contributed by atoms with Gasteiger partial charge in [-0.2, -0.15) is 0 Å². The topological polar surface area (TPSA) is 66.9 Å². The van der Waals surface area contributed by atoms with Gasteiger partial charge in [-0.1, -0.05) is 12.1 Å². The van der Waals surface area contributed by atoms with Gasteiger partial charge in [-0.05, 0) is 55.4 Å². The summed E-state index contributed by atoms with van der Waals surface area (Å²) in [4.78, 5) is 23.3. The van der Waals surface area contributed by atoms with Gasteiger partial charge in [-0.3, -0.25) is 4.79 Å². The van der Waals surface area contributed by atoms with Crippen LogP contribution in [0, 0.1) is 0 Å². The highest BCUT2D eigenvalue weighted by atomic mass is 32.1. The molecule has 26 heavy (non-hydrogen) atoms. The van der Waals surface area contributed by atoms with Gasteiger partial charge in [-0.15, -0.1) is 11.3 Å². The predicted molar refractivity (Wildman–Crippen MR) is 106 cm³/mol. The molecule has 1 amide bonds. The first-order valence-electron chi connectivity index (χ1n) is 9.06. The van der Waals surface area contributed by atoms with Crippen LogP contribution in [0.3, 0.4) is 0 Å². The lowest BCUT2D eigenvalue weighted by Gasteiger charge is -2.12. The number of carbonyl (C=O) groups excluding carboxylic acids is 1. The van der Waals surface area contributed by atoms with Crippen LogP contribution in [0.1, 0.15) is 39.2 Å². The number of rotatable bonds is 5. The van der Waals surface area contributed by atoms with Crippen molar-refractivity contribution in [2.45, 2.75) is 32.1 Å². The van der Waals surface area contributed by atoms with Crippen LogP contribution in [0.4, 0.5) is 5.82 Å². The summed E-state index contributed by atoms with van der Waals surface area (Å²) in [7, 11) is 1.65. The third-order valence-electron chi connectivity index (χ3n) is 4.87. The van der Waals surface area contributed by atoms with E-state index in [4.69, 9.17) is 0 Å². The quantitative estimate of drug-likeness (QED) is 0.724. The number of nitrogens with one attached hydrogen (secondary N) is 2. The molecule has 0 aliphatic heterocycles. The van der Waals surface area contributed by atoms with Crippen molar-refractivity contribution in [3.63, 3.8) is 0 Å². The lowest BCUT2D eigenvalue weighted by Crippen LogP contribution is -2.18. The molecule has 5 nitrogen and oxygen atoms in total. The number of nitrogens with zero attached hydrogens (tertiary/aromatic N) is 2. The zero-order valence-corrected chi connectivity index (χ0v) is 15.7. The van der Waals surface area contributed by atoms with Crippen molar-refractivity contribution < 1.29 is 4.79 Å². The Morgan fingerprint density at radius 3 is 3.00 bits per heavy atom. The summed E-state index contributed by atoms with van der Waals surface area (Å²) in [5.74, 6) is 0.888. The van der Waals surface area contributed by atoms with E-state index in [-0.39, 0.29) is 5.91 Å². The lowest BCUT2D eigenvalue weighted by molar-refractivity contribution is 0.0963. The van der Waals surface area contributed by atoms with Crippen LogP contribution in [0.25, 0.3) is 10.2 Å². The number of hydrogen-bond acceptors (Lipinski definition) is 5. The molecule has 0 radical (unpaired) electrons. The molecule has 6 heteroatoms. The highest BCUT2D eigenvalue weighted by molar-refractivity contribution is 7.19. The molecule has 0 saturated carbocycles. The average Bonchev–Trinajstić information content (AvgIpc) is 3.07. The molecule has 2 heterocycles. The van der Waals surface area contributed by atoms with Gasteiger partial charge in [0, 0.05) is 24.0 Å². The van der Waals surface area contributed by atoms with E-state index in [1.165, 1.54) is 35.1 Å². The first-order valence-corrected chi connectivity index (χ1v) is 9.88. The Morgan fingerprint density at radius 1 is 1.23 bits per heavy atom. The average molecular weight is 366 g/mol. The lowest BCUT2D eigenvalue weighted by atomic mass is 9.97. The molecule has 1 aliphatic carbocycles. The minimum atomic E-state index is -0.0535. The molecule has 0 saturated heterocycles. The van der Waals surface area contributed by atoms with Crippen LogP contribution in [0.2, 0.25) is 0 Å². The molecule has 1 aromatic carbocycles. The van der Waals surface area contributed by atoms with Gasteiger partial charge in [-0.25, -0.2) is 9.97 Å². The first kappa shape index (κ1) is 17.0. The second-order valence-electron chi connectivity index (χ2n) is 6.57. The number of carbonyl (C=O) groups is 1. The van der Waals surface area contributed by atoms with Gasteiger partial charge in [0.05, 0.1) is 5.39 Å². The van der Waals surface area contributed by atoms with E-state index >= 15 is 0 Å². The van der Waals surface area contributed by atoms with Gasteiger partial charge < -0.3 is 10.6 Å². The molecule has 3 aromatic rings. The van der Waals surface area contributed by atoms with Crippen molar-refractivity contribution >= 4 is 33.3 Å². The second kappa shape index (κ2) is 7.41. The summed E-state index contributed by atoms with van der Waals surface area (Å²) in [5.41, 5.74) is 3.28. The second-order valence-corrected chi connectivity index (χ2v) is 7.65. The molecule has 0 fully saturated rings. The SMILES string of the molecule is CNC(=O)c1cccc(CCNc2ncnc3sc4c(c23)CCCC4)c1. The van der Waals surface area contributed by atoms with Gasteiger partial charge >= 0.3 is 0 Å². The molecule has 0 spiro atoms. The molecule has 2 N–H and O–H groups in total. The number of amides is 1. The summed E-state index contributed by atoms with van der Waals surface area (Å²) in [5, 5.41) is 7.37. The first-order chi connectivity index (χ1) is 12.8. The van der Waals surface area contributed by atoms with Crippen molar-refractivity contribution in [3.05, 3.63) is 52.2 Å². The highest BCUT2D eigenvalue weighted by Crippen LogP contribution is 2.38. The minimum Gasteiger partial charge on any atom is -0.369 e. The molecule has 2 aromatic heterocycles. The van der Waals surface area contributed by atoms with E-state index < -0.39 is 0 Å². The molecular formula is C20H22N4OS. The summed E-state index contributed by atoms with van der Waals surface area (Å²) >= 11 is 1.82. The van der Waals surface area contributed by atoms with Crippen molar-refractivity contribution in [1.29, 1.82) is 0 Å². The zero-order chi connectivity index (χ0) is 17.9. The molecule has 4 rings (SSSR count). The Labute approximate surface area is 156 Å². The molecule has 0 atom stereocenters. The van der Waals surface area contributed by atoms with Gasteiger partial charge in [0.25, 0.3) is 5.91 Å². The molecule has 134 valence electrons. The Kier molecular flexibility index (Phi) is 4.84. The maximum atomic E-state index is 11.8. The molecule has 0 unspecified atom stereocenters. The van der Waals surface area contributed by atoms with Gasteiger partial charge in [0.1, 0.15) is 17.0 Å². The van der Waals surface area contributed by atoms with Crippen LogP contribution in [0.15, 0.2) is 30.6 Å². The van der Waals surface area contributed by atoms with Crippen molar-refractivity contribution in [3.8, 4) is 0 Å². The summed E-state index contributed by atoms with van der Waals surface area (Å²) in [6, 6.07) is 7.76. The Bertz CT molecular complexity index is 950. The summed E-state index contributed by atoms with van der Waals surface area (Å²) in [6.45, 7) is 0.772. The Hall–Kier alpha value is -2.47. The predicted octanol–water partition coefficient (Wildman–Crippen LogP) is 3.58. The standard InChI is InChI=1S/C20H22N4OS/c1-21-19(25)14-6-4-5-13(11-14)9-10-22-18-17-15-7-2-3-8-16(15)26-20(17)24-12-23-18/h4-6,11-12H,2-3,7-10H2,1H3,(H,21,25)(H,22,23,24).